The van der Waals surface area contributed by atoms with Crippen molar-refractivity contribution < 1.29 is 41.3 Å². The number of aliphatic hydroxyl groups is 1. The van der Waals surface area contributed by atoms with Crippen molar-refractivity contribution in [3.63, 3.8) is 0 Å². The van der Waals surface area contributed by atoms with Crippen LogP contribution in [0.15, 0.2) is 48.5 Å². The number of carbonyl (C=O) groups excluding carboxylic acids is 1. The van der Waals surface area contributed by atoms with Crippen molar-refractivity contribution in [1.82, 2.24) is 4.90 Å². The van der Waals surface area contributed by atoms with E-state index in [1.54, 1.807) is 0 Å². The van der Waals surface area contributed by atoms with Crippen LogP contribution in [0.4, 0.5) is 26.7 Å². The summed E-state index contributed by atoms with van der Waals surface area (Å²) < 4.78 is 81.8. The van der Waals surface area contributed by atoms with Crippen LogP contribution in [0.3, 0.4) is 0 Å². The van der Waals surface area contributed by atoms with E-state index in [4.69, 9.17) is 9.47 Å². The number of halogens is 5. The average Bonchev–Trinajstić information content (AvgIpc) is 3.22. The molecule has 6 rings (SSSR count). The molecule has 3 aliphatic rings. The molecule has 1 aliphatic carbocycles. The molecule has 198 valence electrons. The molecule has 0 aromatic heterocycles. The molecule has 38 heavy (non-hydrogen) atoms. The number of fused-ring (bicyclic) bond motifs is 5. The van der Waals surface area contributed by atoms with Crippen LogP contribution in [0.1, 0.15) is 35.4 Å². The second-order valence-corrected chi connectivity index (χ2v) is 9.94. The van der Waals surface area contributed by atoms with Crippen LogP contribution in [0, 0.1) is 29.1 Å². The van der Waals surface area contributed by atoms with Gasteiger partial charge < -0.3 is 14.6 Å². The third-order valence-corrected chi connectivity index (χ3v) is 7.78. The fraction of sp³-hybridized carbons (Fsp3) is 0.321. The summed E-state index contributed by atoms with van der Waals surface area (Å²) in [6, 6.07) is 13.8. The largest absolute Gasteiger partial charge is 0.448 e. The first-order valence-electron chi connectivity index (χ1n) is 12.2. The molecule has 0 spiro atoms. The number of hydrogen-bond acceptors (Lipinski definition) is 4. The fourth-order valence-corrected chi connectivity index (χ4v) is 6.16. The van der Waals surface area contributed by atoms with Gasteiger partial charge in [-0.3, -0.25) is 4.90 Å². The molecule has 5 nitrogen and oxygen atoms in total. The van der Waals surface area contributed by atoms with E-state index in [-0.39, 0.29) is 25.7 Å². The van der Waals surface area contributed by atoms with Crippen molar-refractivity contribution >= 4 is 6.09 Å². The summed E-state index contributed by atoms with van der Waals surface area (Å²) in [5.74, 6) is -10.9. The van der Waals surface area contributed by atoms with Crippen LogP contribution < -0.4 is 0 Å². The van der Waals surface area contributed by atoms with Crippen LogP contribution >= 0.6 is 0 Å². The Labute approximate surface area is 214 Å². The molecule has 2 fully saturated rings. The van der Waals surface area contributed by atoms with Crippen molar-refractivity contribution in [3.05, 3.63) is 94.3 Å². The minimum Gasteiger partial charge on any atom is -0.448 e. The Morgan fingerprint density at radius 2 is 1.32 bits per heavy atom. The van der Waals surface area contributed by atoms with Gasteiger partial charge in [-0.05, 0) is 22.3 Å². The molecule has 2 heterocycles. The monoisotopic (exact) mass is 531 g/mol. The maximum atomic E-state index is 14.6. The standard InChI is InChI=1S/C28H22F5NO4/c29-22-21(23(30)25(32)26(33)24(22)31)28(36)9-14-11-37-12-15(10-28)34(14)27(35)38-13-20-18-7-3-1-5-16(18)17-6-2-4-8-19(17)20/h1-8,14-15,20,36H,9-13H2. The Morgan fingerprint density at radius 1 is 0.842 bits per heavy atom. The first-order chi connectivity index (χ1) is 18.2. The van der Waals surface area contributed by atoms with Crippen molar-refractivity contribution in [1.29, 1.82) is 0 Å². The molecule has 2 atom stereocenters. The maximum Gasteiger partial charge on any atom is 0.410 e. The van der Waals surface area contributed by atoms with Gasteiger partial charge in [-0.1, -0.05) is 48.5 Å². The number of amides is 1. The summed E-state index contributed by atoms with van der Waals surface area (Å²) in [6.07, 6.45) is -1.69. The van der Waals surface area contributed by atoms with Gasteiger partial charge >= 0.3 is 6.09 Å². The van der Waals surface area contributed by atoms with Crippen molar-refractivity contribution in [2.45, 2.75) is 36.4 Å². The summed E-state index contributed by atoms with van der Waals surface area (Å²) in [5.41, 5.74) is 0.454. The van der Waals surface area contributed by atoms with E-state index >= 15 is 0 Å². The second-order valence-electron chi connectivity index (χ2n) is 9.94. The maximum absolute atomic E-state index is 14.6. The Bertz CT molecular complexity index is 1360. The number of nitrogens with zero attached hydrogens (tertiary/aromatic N) is 1. The number of piperidine rings is 1. The van der Waals surface area contributed by atoms with E-state index < -0.39 is 71.3 Å². The quantitative estimate of drug-likeness (QED) is 0.280. The van der Waals surface area contributed by atoms with E-state index in [2.05, 4.69) is 0 Å². The number of ether oxygens (including phenoxy) is 2. The minimum atomic E-state index is -2.40. The van der Waals surface area contributed by atoms with E-state index in [1.807, 2.05) is 48.5 Å². The molecule has 0 radical (unpaired) electrons. The Hall–Kier alpha value is -3.50. The number of hydrogen-bond donors (Lipinski definition) is 1. The average molecular weight is 531 g/mol. The summed E-state index contributed by atoms with van der Waals surface area (Å²) in [4.78, 5) is 14.6. The molecule has 2 saturated heterocycles. The lowest BCUT2D eigenvalue weighted by Gasteiger charge is -2.51. The highest BCUT2D eigenvalue weighted by molar-refractivity contribution is 5.79. The first-order valence-corrected chi connectivity index (χ1v) is 12.2. The third-order valence-electron chi connectivity index (χ3n) is 7.78. The summed E-state index contributed by atoms with van der Waals surface area (Å²) >= 11 is 0. The molecule has 0 saturated carbocycles. The summed E-state index contributed by atoms with van der Waals surface area (Å²) in [7, 11) is 0. The topological polar surface area (TPSA) is 59.0 Å². The third kappa shape index (κ3) is 3.69. The molecule has 1 amide bonds. The highest BCUT2D eigenvalue weighted by Gasteiger charge is 2.52. The number of carbonyl (C=O) groups is 1. The molecular formula is C28H22F5NO4. The van der Waals surface area contributed by atoms with E-state index in [9.17, 15) is 31.9 Å². The van der Waals surface area contributed by atoms with Crippen molar-refractivity contribution in [2.75, 3.05) is 19.8 Å². The Balaban J connectivity index is 1.24. The van der Waals surface area contributed by atoms with Crippen LogP contribution in [-0.2, 0) is 15.1 Å². The molecule has 2 unspecified atom stereocenters. The van der Waals surface area contributed by atoms with E-state index in [0.29, 0.717) is 0 Å². The molecule has 2 aliphatic heterocycles. The lowest BCUT2D eigenvalue weighted by molar-refractivity contribution is -0.138. The number of benzene rings is 3. The predicted molar refractivity (Wildman–Crippen MR) is 125 cm³/mol. The second kappa shape index (κ2) is 9.06. The van der Waals surface area contributed by atoms with Gasteiger partial charge in [0, 0.05) is 18.8 Å². The SMILES string of the molecule is O=C(OCC1c2ccccc2-c2ccccc21)N1C2COCC1CC(O)(c1c(F)c(F)c(F)c(F)c1F)C2. The molecule has 3 aromatic carbocycles. The van der Waals surface area contributed by atoms with Crippen LogP contribution in [0.2, 0.25) is 0 Å². The van der Waals surface area contributed by atoms with Crippen LogP contribution in [0.25, 0.3) is 11.1 Å². The zero-order chi connectivity index (χ0) is 26.8. The first kappa shape index (κ1) is 24.8. The Kier molecular flexibility index (Phi) is 5.92. The molecular weight excluding hydrogens is 509 g/mol. The van der Waals surface area contributed by atoms with Gasteiger partial charge in [-0.15, -0.1) is 0 Å². The lowest BCUT2D eigenvalue weighted by Crippen LogP contribution is -2.63. The number of morpholine rings is 1. The van der Waals surface area contributed by atoms with Gasteiger partial charge in [0.05, 0.1) is 36.5 Å². The van der Waals surface area contributed by atoms with Gasteiger partial charge in [-0.25, -0.2) is 26.7 Å². The van der Waals surface area contributed by atoms with Gasteiger partial charge in [-0.2, -0.15) is 0 Å². The molecule has 10 heteroatoms. The van der Waals surface area contributed by atoms with Gasteiger partial charge in [0.2, 0.25) is 5.82 Å². The highest BCUT2D eigenvalue weighted by Crippen LogP contribution is 2.46. The highest BCUT2D eigenvalue weighted by atomic mass is 19.2. The zero-order valence-corrected chi connectivity index (χ0v) is 19.9. The van der Waals surface area contributed by atoms with Gasteiger partial charge in [0.15, 0.2) is 23.3 Å². The summed E-state index contributed by atoms with van der Waals surface area (Å²) in [5, 5.41) is 11.2. The molecule has 3 aromatic rings. The number of rotatable bonds is 3. The van der Waals surface area contributed by atoms with E-state index in [0.717, 1.165) is 22.3 Å². The Morgan fingerprint density at radius 3 is 1.84 bits per heavy atom. The smallest absolute Gasteiger partial charge is 0.410 e. The molecule has 1 N–H and O–H groups in total. The zero-order valence-electron chi connectivity index (χ0n) is 19.9. The fourth-order valence-electron chi connectivity index (χ4n) is 6.16. The van der Waals surface area contributed by atoms with Crippen LogP contribution in [-0.4, -0.2) is 48.0 Å². The molecule has 2 bridgehead atoms. The summed E-state index contributed by atoms with van der Waals surface area (Å²) in [6.45, 7) is -0.164. The van der Waals surface area contributed by atoms with Crippen molar-refractivity contribution in [3.8, 4) is 11.1 Å². The van der Waals surface area contributed by atoms with Gasteiger partial charge in [0.1, 0.15) is 6.61 Å². The van der Waals surface area contributed by atoms with E-state index in [1.165, 1.54) is 4.90 Å². The van der Waals surface area contributed by atoms with Gasteiger partial charge in [0.25, 0.3) is 0 Å². The normalized spacial score (nSPS) is 24.2. The van der Waals surface area contributed by atoms with Crippen LogP contribution in [0.5, 0.6) is 0 Å². The minimum absolute atomic E-state index is 0.0333. The predicted octanol–water partition coefficient (Wildman–Crippen LogP) is 5.38. The van der Waals surface area contributed by atoms with Crippen molar-refractivity contribution in [2.24, 2.45) is 0 Å². The lowest BCUT2D eigenvalue weighted by atomic mass is 9.76.